The molecule has 1 aliphatic rings. The van der Waals surface area contributed by atoms with Gasteiger partial charge in [-0.1, -0.05) is 0 Å². The third kappa shape index (κ3) is 3.32. The van der Waals surface area contributed by atoms with Gasteiger partial charge in [0.05, 0.1) is 23.8 Å². The van der Waals surface area contributed by atoms with E-state index in [1.807, 2.05) is 0 Å². The van der Waals surface area contributed by atoms with E-state index in [9.17, 15) is 13.2 Å². The smallest absolute Gasteiger partial charge is 0.262 e. The van der Waals surface area contributed by atoms with E-state index < -0.39 is 10.0 Å². The van der Waals surface area contributed by atoms with Gasteiger partial charge in [0.1, 0.15) is 5.75 Å². The molecule has 21 heavy (non-hydrogen) atoms. The molecular formula is C12H16N2O6S. The molecule has 9 heteroatoms. The largest absolute Gasteiger partial charge is 0.482 e. The fourth-order valence-electron chi connectivity index (χ4n) is 1.95. The molecule has 8 nitrogen and oxygen atoms in total. The Hall–Kier alpha value is -1.68. The van der Waals surface area contributed by atoms with E-state index in [2.05, 4.69) is 5.32 Å². The molecule has 0 bridgehead atoms. The van der Waals surface area contributed by atoms with Gasteiger partial charge in [0, 0.05) is 13.1 Å². The van der Waals surface area contributed by atoms with Crippen molar-refractivity contribution in [1.82, 2.24) is 4.31 Å². The number of ether oxygens (including phenoxy) is 1. The van der Waals surface area contributed by atoms with Crippen LogP contribution in [0.5, 0.6) is 5.75 Å². The highest BCUT2D eigenvalue weighted by atomic mass is 32.2. The van der Waals surface area contributed by atoms with Crippen LogP contribution in [0.4, 0.5) is 5.69 Å². The first-order valence-electron chi connectivity index (χ1n) is 6.27. The molecule has 0 aromatic heterocycles. The van der Waals surface area contributed by atoms with Gasteiger partial charge in [0.25, 0.3) is 5.91 Å². The third-order valence-electron chi connectivity index (χ3n) is 2.92. The maximum Gasteiger partial charge on any atom is 0.262 e. The number of aliphatic hydroxyl groups is 2. The number of sulfonamides is 1. The molecule has 3 N–H and O–H groups in total. The summed E-state index contributed by atoms with van der Waals surface area (Å²) >= 11 is 0. The minimum Gasteiger partial charge on any atom is -0.482 e. The number of aliphatic hydroxyl groups excluding tert-OH is 2. The van der Waals surface area contributed by atoms with Crippen LogP contribution in [0, 0.1) is 0 Å². The van der Waals surface area contributed by atoms with E-state index in [1.54, 1.807) is 0 Å². The van der Waals surface area contributed by atoms with Crippen molar-refractivity contribution in [3.8, 4) is 5.75 Å². The summed E-state index contributed by atoms with van der Waals surface area (Å²) in [4.78, 5) is 11.2. The average molecular weight is 316 g/mol. The maximum atomic E-state index is 12.4. The number of fused-ring (bicyclic) bond motifs is 1. The molecule has 0 spiro atoms. The fourth-order valence-corrected chi connectivity index (χ4v) is 3.40. The lowest BCUT2D eigenvalue weighted by Crippen LogP contribution is -2.36. The number of amides is 1. The Bertz CT molecular complexity index is 625. The zero-order valence-electron chi connectivity index (χ0n) is 11.2. The zero-order chi connectivity index (χ0) is 15.5. The third-order valence-corrected chi connectivity index (χ3v) is 4.82. The van der Waals surface area contributed by atoms with Crippen molar-refractivity contribution in [2.75, 3.05) is 38.2 Å². The van der Waals surface area contributed by atoms with Crippen molar-refractivity contribution in [3.63, 3.8) is 0 Å². The van der Waals surface area contributed by atoms with Gasteiger partial charge in [-0.3, -0.25) is 4.79 Å². The second-order valence-corrected chi connectivity index (χ2v) is 6.28. The number of nitrogens with zero attached hydrogens (tertiary/aromatic N) is 1. The van der Waals surface area contributed by atoms with Gasteiger partial charge >= 0.3 is 0 Å². The Morgan fingerprint density at radius 3 is 2.52 bits per heavy atom. The number of hydrogen-bond donors (Lipinski definition) is 3. The van der Waals surface area contributed by atoms with Gasteiger partial charge in [-0.25, -0.2) is 8.42 Å². The van der Waals surface area contributed by atoms with Crippen LogP contribution in [0.2, 0.25) is 0 Å². The van der Waals surface area contributed by atoms with Crippen LogP contribution in [0.25, 0.3) is 0 Å². The van der Waals surface area contributed by atoms with Crippen LogP contribution < -0.4 is 10.1 Å². The zero-order valence-corrected chi connectivity index (χ0v) is 12.0. The topological polar surface area (TPSA) is 116 Å². The first-order chi connectivity index (χ1) is 9.98. The second-order valence-electron chi connectivity index (χ2n) is 4.35. The molecular weight excluding hydrogens is 300 g/mol. The summed E-state index contributed by atoms with van der Waals surface area (Å²) in [6.45, 7) is -1.07. The molecule has 0 aliphatic carbocycles. The Morgan fingerprint density at radius 2 is 1.90 bits per heavy atom. The molecule has 116 valence electrons. The summed E-state index contributed by atoms with van der Waals surface area (Å²) in [5, 5.41) is 20.4. The van der Waals surface area contributed by atoms with Crippen molar-refractivity contribution in [2.45, 2.75) is 4.90 Å². The van der Waals surface area contributed by atoms with Crippen LogP contribution in [0.15, 0.2) is 23.1 Å². The van der Waals surface area contributed by atoms with Crippen LogP contribution in [0.3, 0.4) is 0 Å². The predicted molar refractivity (Wildman–Crippen MR) is 73.5 cm³/mol. The predicted octanol–water partition coefficient (Wildman–Crippen LogP) is -1.01. The lowest BCUT2D eigenvalue weighted by molar-refractivity contribution is -0.118. The van der Waals surface area contributed by atoms with Crippen molar-refractivity contribution in [3.05, 3.63) is 18.2 Å². The normalized spacial score (nSPS) is 14.5. The first-order valence-corrected chi connectivity index (χ1v) is 7.71. The molecule has 1 aromatic carbocycles. The molecule has 0 radical (unpaired) electrons. The summed E-state index contributed by atoms with van der Waals surface area (Å²) in [6, 6.07) is 4.11. The van der Waals surface area contributed by atoms with Crippen molar-refractivity contribution >= 4 is 21.6 Å². The van der Waals surface area contributed by atoms with Gasteiger partial charge in [-0.2, -0.15) is 4.31 Å². The molecule has 0 saturated heterocycles. The molecule has 2 rings (SSSR count). The highest BCUT2D eigenvalue weighted by Gasteiger charge is 2.26. The van der Waals surface area contributed by atoms with Crippen molar-refractivity contribution < 1.29 is 28.2 Å². The molecule has 0 fully saturated rings. The summed E-state index contributed by atoms with van der Waals surface area (Å²) in [7, 11) is -3.87. The highest BCUT2D eigenvalue weighted by molar-refractivity contribution is 7.89. The average Bonchev–Trinajstić information content (AvgIpc) is 2.46. The number of carbonyl (C=O) groups is 1. The molecule has 1 aliphatic heterocycles. The molecule has 0 atom stereocenters. The van der Waals surface area contributed by atoms with E-state index in [0.717, 1.165) is 4.31 Å². The molecule has 0 saturated carbocycles. The van der Waals surface area contributed by atoms with E-state index in [-0.39, 0.29) is 49.4 Å². The minimum absolute atomic E-state index is 0.0473. The lowest BCUT2D eigenvalue weighted by atomic mass is 10.2. The minimum atomic E-state index is -3.87. The first kappa shape index (κ1) is 15.7. The summed E-state index contributed by atoms with van der Waals surface area (Å²) in [6.07, 6.45) is 0. The highest BCUT2D eigenvalue weighted by Crippen LogP contribution is 2.31. The van der Waals surface area contributed by atoms with E-state index in [1.165, 1.54) is 18.2 Å². The monoisotopic (exact) mass is 316 g/mol. The summed E-state index contributed by atoms with van der Waals surface area (Å²) < 4.78 is 31.0. The van der Waals surface area contributed by atoms with Crippen LogP contribution >= 0.6 is 0 Å². The van der Waals surface area contributed by atoms with Gasteiger partial charge < -0.3 is 20.3 Å². The van der Waals surface area contributed by atoms with Crippen molar-refractivity contribution in [1.29, 1.82) is 0 Å². The fraction of sp³-hybridized carbons (Fsp3) is 0.417. The SMILES string of the molecule is O=C1COc2ccc(S(=O)(=O)N(CCO)CCO)cc2N1. The number of hydrogen-bond acceptors (Lipinski definition) is 6. The summed E-state index contributed by atoms with van der Waals surface area (Å²) in [5.41, 5.74) is 0.278. The summed E-state index contributed by atoms with van der Waals surface area (Å²) in [5.74, 6) is 0.0315. The van der Waals surface area contributed by atoms with E-state index in [4.69, 9.17) is 14.9 Å². The molecule has 1 aromatic rings. The van der Waals surface area contributed by atoms with Gasteiger partial charge in [0.2, 0.25) is 10.0 Å². The van der Waals surface area contributed by atoms with Gasteiger partial charge in [-0.05, 0) is 18.2 Å². The number of anilines is 1. The van der Waals surface area contributed by atoms with Crippen LogP contribution in [-0.2, 0) is 14.8 Å². The Balaban J connectivity index is 2.35. The molecule has 1 heterocycles. The standard InChI is InChI=1S/C12H16N2O6S/c15-5-3-14(4-6-16)21(18,19)9-1-2-11-10(7-9)13-12(17)8-20-11/h1-2,7,15-16H,3-6,8H2,(H,13,17). The maximum absolute atomic E-state index is 12.4. The Morgan fingerprint density at radius 1 is 1.24 bits per heavy atom. The van der Waals surface area contributed by atoms with Gasteiger partial charge in [0.15, 0.2) is 6.61 Å². The van der Waals surface area contributed by atoms with Crippen LogP contribution in [-0.4, -0.2) is 61.8 Å². The van der Waals surface area contributed by atoms with E-state index >= 15 is 0 Å². The molecule has 1 amide bonds. The van der Waals surface area contributed by atoms with Crippen LogP contribution in [0.1, 0.15) is 0 Å². The number of benzene rings is 1. The number of carbonyl (C=O) groups excluding carboxylic acids is 1. The number of nitrogens with one attached hydrogen (secondary N) is 1. The molecule has 0 unspecified atom stereocenters. The Labute approximate surface area is 122 Å². The van der Waals surface area contributed by atoms with Crippen molar-refractivity contribution in [2.24, 2.45) is 0 Å². The Kier molecular flexibility index (Phi) is 4.78. The lowest BCUT2D eigenvalue weighted by Gasteiger charge is -2.22. The van der Waals surface area contributed by atoms with E-state index in [0.29, 0.717) is 5.75 Å². The number of rotatable bonds is 6. The van der Waals surface area contributed by atoms with Gasteiger partial charge in [-0.15, -0.1) is 0 Å². The second kappa shape index (κ2) is 6.39. The quantitative estimate of drug-likeness (QED) is 0.619.